The van der Waals surface area contributed by atoms with Crippen molar-refractivity contribution in [3.8, 4) is 16.3 Å². The van der Waals surface area contributed by atoms with Crippen LogP contribution in [0.25, 0.3) is 10.6 Å². The number of amides is 1. The third-order valence-corrected chi connectivity index (χ3v) is 6.94. The zero-order chi connectivity index (χ0) is 20.3. The molecule has 28 heavy (non-hydrogen) atoms. The van der Waals surface area contributed by atoms with E-state index < -0.39 is 10.0 Å². The first kappa shape index (κ1) is 20.1. The molecular weight excluding hydrogens is 424 g/mol. The molecule has 1 amide bonds. The number of aromatic nitrogens is 4. The van der Waals surface area contributed by atoms with Crippen molar-refractivity contribution in [2.75, 3.05) is 17.1 Å². The Labute approximate surface area is 169 Å². The molecule has 3 aromatic rings. The van der Waals surface area contributed by atoms with Crippen molar-refractivity contribution < 1.29 is 17.9 Å². The highest BCUT2D eigenvalue weighted by atomic mass is 32.2. The maximum absolute atomic E-state index is 12.5. The van der Waals surface area contributed by atoms with Crippen molar-refractivity contribution in [2.24, 2.45) is 5.92 Å². The maximum atomic E-state index is 12.5. The van der Waals surface area contributed by atoms with Gasteiger partial charge in [0, 0.05) is 11.5 Å². The summed E-state index contributed by atoms with van der Waals surface area (Å²) in [5, 5.41) is 18.4. The van der Waals surface area contributed by atoms with Crippen molar-refractivity contribution in [1.82, 2.24) is 20.4 Å². The average molecular weight is 441 g/mol. The lowest BCUT2D eigenvalue weighted by atomic mass is 10.2. The van der Waals surface area contributed by atoms with Crippen molar-refractivity contribution in [3.05, 3.63) is 24.3 Å². The summed E-state index contributed by atoms with van der Waals surface area (Å²) in [6.45, 7) is 3.43. The normalized spacial score (nSPS) is 11.4. The van der Waals surface area contributed by atoms with Crippen LogP contribution >= 0.6 is 22.7 Å². The Bertz CT molecular complexity index is 1080. The van der Waals surface area contributed by atoms with Crippen LogP contribution in [0.5, 0.6) is 5.75 Å². The largest absolute Gasteiger partial charge is 0.497 e. The van der Waals surface area contributed by atoms with E-state index in [1.807, 2.05) is 0 Å². The number of benzene rings is 1. The van der Waals surface area contributed by atoms with Gasteiger partial charge >= 0.3 is 0 Å². The van der Waals surface area contributed by atoms with Gasteiger partial charge in [-0.3, -0.25) is 9.52 Å². The predicted octanol–water partition coefficient (Wildman–Crippen LogP) is 2.46. The molecule has 0 spiro atoms. The summed E-state index contributed by atoms with van der Waals surface area (Å²) in [6.07, 6.45) is 0. The van der Waals surface area contributed by atoms with E-state index in [0.717, 1.165) is 28.2 Å². The first-order chi connectivity index (χ1) is 13.3. The molecule has 13 heteroatoms. The number of carbonyl (C=O) groups excluding carboxylic acids is 1. The number of rotatable bonds is 7. The van der Waals surface area contributed by atoms with Gasteiger partial charge in [0.1, 0.15) is 10.8 Å². The van der Waals surface area contributed by atoms with Gasteiger partial charge in [0.2, 0.25) is 16.2 Å². The average Bonchev–Trinajstić information content (AvgIpc) is 3.31. The molecule has 0 aliphatic carbocycles. The Hall–Kier alpha value is -2.64. The minimum atomic E-state index is -4.00. The van der Waals surface area contributed by atoms with E-state index in [-0.39, 0.29) is 26.4 Å². The molecule has 2 heterocycles. The van der Waals surface area contributed by atoms with E-state index in [1.165, 1.54) is 0 Å². The second kappa shape index (κ2) is 8.16. The van der Waals surface area contributed by atoms with E-state index in [2.05, 4.69) is 30.4 Å². The van der Waals surface area contributed by atoms with Crippen LogP contribution in [-0.4, -0.2) is 41.8 Å². The van der Waals surface area contributed by atoms with Crippen LogP contribution in [0.3, 0.4) is 0 Å². The molecule has 10 nitrogen and oxygen atoms in total. The van der Waals surface area contributed by atoms with Gasteiger partial charge in [-0.2, -0.15) is 8.42 Å². The minimum absolute atomic E-state index is 0.0915. The minimum Gasteiger partial charge on any atom is -0.497 e. The smallest absolute Gasteiger partial charge is 0.293 e. The van der Waals surface area contributed by atoms with Gasteiger partial charge in [0.05, 0.1) is 7.11 Å². The number of hydrogen-bond acceptors (Lipinski definition) is 10. The number of anilines is 2. The number of ether oxygens (including phenoxy) is 1. The second-order valence-electron chi connectivity index (χ2n) is 5.76. The summed E-state index contributed by atoms with van der Waals surface area (Å²) < 4.78 is 32.1. The Balaban J connectivity index is 1.73. The summed E-state index contributed by atoms with van der Waals surface area (Å²) in [4.78, 5) is 11.7. The van der Waals surface area contributed by atoms with Gasteiger partial charge < -0.3 is 10.1 Å². The quantitative estimate of drug-likeness (QED) is 0.535. The zero-order valence-corrected chi connectivity index (χ0v) is 17.5. The number of methoxy groups -OCH3 is 1. The van der Waals surface area contributed by atoms with Crippen LogP contribution in [-0.2, 0) is 14.8 Å². The molecule has 0 atom stereocenters. The fourth-order valence-corrected chi connectivity index (χ4v) is 4.78. The highest BCUT2D eigenvalue weighted by molar-refractivity contribution is 7.94. The van der Waals surface area contributed by atoms with E-state index in [9.17, 15) is 13.2 Å². The molecule has 0 unspecified atom stereocenters. The highest BCUT2D eigenvalue weighted by Crippen LogP contribution is 2.30. The highest BCUT2D eigenvalue weighted by Gasteiger charge is 2.23. The fourth-order valence-electron chi connectivity index (χ4n) is 1.89. The molecule has 0 aliphatic rings. The number of nitrogens with one attached hydrogen (secondary N) is 2. The van der Waals surface area contributed by atoms with Crippen LogP contribution in [0, 0.1) is 5.92 Å². The van der Waals surface area contributed by atoms with Gasteiger partial charge in [-0.15, -0.1) is 20.4 Å². The molecule has 0 saturated heterocycles. The Morgan fingerprint density at radius 2 is 1.71 bits per heavy atom. The molecule has 3 rings (SSSR count). The van der Waals surface area contributed by atoms with Crippen LogP contribution in [0.15, 0.2) is 28.6 Å². The zero-order valence-electron chi connectivity index (χ0n) is 15.0. The summed E-state index contributed by atoms with van der Waals surface area (Å²) >= 11 is 1.83. The molecule has 2 aromatic heterocycles. The molecule has 1 aromatic carbocycles. The Morgan fingerprint density at radius 3 is 2.36 bits per heavy atom. The lowest BCUT2D eigenvalue weighted by Crippen LogP contribution is -2.17. The van der Waals surface area contributed by atoms with E-state index in [0.29, 0.717) is 10.8 Å². The number of carbonyl (C=O) groups is 1. The lowest BCUT2D eigenvalue weighted by Gasteiger charge is -2.02. The standard InChI is InChI=1S/C15H16N6O4S3/c1-8(2)11(22)16-13-18-20-15(27-13)28(23,24)21-14-19-17-12(26-14)9-4-6-10(25-3)7-5-9/h4-8H,1-3H3,(H,19,21)(H,16,18,22). The molecule has 0 bridgehead atoms. The summed E-state index contributed by atoms with van der Waals surface area (Å²) in [6, 6.07) is 7.14. The molecule has 0 saturated carbocycles. The molecule has 148 valence electrons. The molecule has 0 radical (unpaired) electrons. The van der Waals surface area contributed by atoms with Gasteiger partial charge in [0.15, 0.2) is 0 Å². The van der Waals surface area contributed by atoms with Gasteiger partial charge in [-0.1, -0.05) is 36.5 Å². The summed E-state index contributed by atoms with van der Waals surface area (Å²) in [7, 11) is -2.43. The predicted molar refractivity (Wildman–Crippen MR) is 106 cm³/mol. The Kier molecular flexibility index (Phi) is 5.86. The van der Waals surface area contributed by atoms with Crippen molar-refractivity contribution in [3.63, 3.8) is 0 Å². The van der Waals surface area contributed by atoms with Crippen LogP contribution in [0.1, 0.15) is 13.8 Å². The Morgan fingerprint density at radius 1 is 1.04 bits per heavy atom. The number of nitrogens with zero attached hydrogens (tertiary/aromatic N) is 4. The second-order valence-corrected chi connectivity index (χ2v) is 9.57. The third-order valence-electron chi connectivity index (χ3n) is 3.37. The lowest BCUT2D eigenvalue weighted by molar-refractivity contribution is -0.118. The monoisotopic (exact) mass is 440 g/mol. The molecular formula is C15H16N6O4S3. The maximum Gasteiger partial charge on any atom is 0.293 e. The third kappa shape index (κ3) is 4.61. The van der Waals surface area contributed by atoms with Gasteiger partial charge in [-0.05, 0) is 24.3 Å². The van der Waals surface area contributed by atoms with Crippen molar-refractivity contribution >= 4 is 48.9 Å². The number of hydrogen-bond donors (Lipinski definition) is 2. The van der Waals surface area contributed by atoms with E-state index in [1.54, 1.807) is 45.2 Å². The van der Waals surface area contributed by atoms with Crippen molar-refractivity contribution in [2.45, 2.75) is 18.2 Å². The first-order valence-corrected chi connectivity index (χ1v) is 11.0. The van der Waals surface area contributed by atoms with E-state index in [4.69, 9.17) is 4.74 Å². The first-order valence-electron chi connectivity index (χ1n) is 7.93. The van der Waals surface area contributed by atoms with Crippen molar-refractivity contribution in [1.29, 1.82) is 0 Å². The molecule has 2 N–H and O–H groups in total. The van der Waals surface area contributed by atoms with Crippen LogP contribution < -0.4 is 14.8 Å². The van der Waals surface area contributed by atoms with Crippen LogP contribution in [0.4, 0.5) is 10.3 Å². The van der Waals surface area contributed by atoms with Crippen LogP contribution in [0.2, 0.25) is 0 Å². The molecule has 0 aliphatic heterocycles. The fraction of sp³-hybridized carbons (Fsp3) is 0.267. The van der Waals surface area contributed by atoms with E-state index >= 15 is 0 Å². The summed E-state index contributed by atoms with van der Waals surface area (Å²) in [5.74, 6) is 0.159. The van der Waals surface area contributed by atoms with Gasteiger partial charge in [0.25, 0.3) is 14.4 Å². The molecule has 0 fully saturated rings. The summed E-state index contributed by atoms with van der Waals surface area (Å²) in [5.41, 5.74) is 0.776. The number of sulfonamides is 1. The SMILES string of the molecule is COc1ccc(-c2nnc(NS(=O)(=O)c3nnc(NC(=O)C(C)C)s3)s2)cc1. The van der Waals surface area contributed by atoms with Gasteiger partial charge in [-0.25, -0.2) is 0 Å². The topological polar surface area (TPSA) is 136 Å².